The van der Waals surface area contributed by atoms with Crippen LogP contribution in [-0.2, 0) is 0 Å². The number of hydrogen-bond donors (Lipinski definition) is 1. The van der Waals surface area contributed by atoms with Crippen LogP contribution in [0.4, 0.5) is 0 Å². The van der Waals surface area contributed by atoms with Crippen molar-refractivity contribution in [3.63, 3.8) is 0 Å². The van der Waals surface area contributed by atoms with Crippen molar-refractivity contribution in [2.75, 3.05) is 6.61 Å². The minimum Gasteiger partial charge on any atom is -0.396 e. The van der Waals surface area contributed by atoms with Gasteiger partial charge in [0.05, 0.1) is 0 Å². The molecule has 0 atom stereocenters. The van der Waals surface area contributed by atoms with E-state index in [1.165, 1.54) is 57.8 Å². The minimum atomic E-state index is 0.367. The highest BCUT2D eigenvalue weighted by Gasteiger charge is 1.86. The quantitative estimate of drug-likeness (QED) is 0.542. The van der Waals surface area contributed by atoms with Crippen molar-refractivity contribution in [1.82, 2.24) is 0 Å². The van der Waals surface area contributed by atoms with Crippen LogP contribution in [0.1, 0.15) is 85.0 Å². The first-order valence-corrected chi connectivity index (χ1v) is 6.94. The average Bonchev–Trinajstić information content (AvgIpc) is 2.27. The third-order valence-electron chi connectivity index (χ3n) is 2.47. The Hall–Kier alpha value is -0.0400. The molecule has 0 aromatic carbocycles. The van der Waals surface area contributed by atoms with E-state index in [1.54, 1.807) is 0 Å². The predicted molar refractivity (Wildman–Crippen MR) is 70.3 cm³/mol. The standard InChI is InChI=1S/C8H18O.C6H14/c1-2-3-4-5-6-7-8-9;1-3-5-6-4-2/h9H,2-8H2,1H3;3-6H2,1-2H3. The number of hydrogen-bond acceptors (Lipinski definition) is 1. The average molecular weight is 216 g/mol. The largest absolute Gasteiger partial charge is 0.396 e. The van der Waals surface area contributed by atoms with Crippen LogP contribution in [0.25, 0.3) is 0 Å². The van der Waals surface area contributed by atoms with E-state index in [-0.39, 0.29) is 0 Å². The fourth-order valence-electron chi connectivity index (χ4n) is 1.39. The van der Waals surface area contributed by atoms with E-state index in [2.05, 4.69) is 20.8 Å². The molecule has 1 N–H and O–H groups in total. The van der Waals surface area contributed by atoms with Gasteiger partial charge in [-0.15, -0.1) is 0 Å². The van der Waals surface area contributed by atoms with Gasteiger partial charge in [0.15, 0.2) is 0 Å². The summed E-state index contributed by atoms with van der Waals surface area (Å²) in [6.07, 6.45) is 13.0. The molecule has 0 unspecified atom stereocenters. The van der Waals surface area contributed by atoms with Crippen LogP contribution in [0.5, 0.6) is 0 Å². The van der Waals surface area contributed by atoms with Gasteiger partial charge in [-0.2, -0.15) is 0 Å². The first-order chi connectivity index (χ1) is 7.33. The van der Waals surface area contributed by atoms with Crippen molar-refractivity contribution < 1.29 is 5.11 Å². The number of rotatable bonds is 9. The summed E-state index contributed by atoms with van der Waals surface area (Å²) in [5.74, 6) is 0. The van der Waals surface area contributed by atoms with Crippen molar-refractivity contribution in [3.05, 3.63) is 0 Å². The lowest BCUT2D eigenvalue weighted by molar-refractivity contribution is 0.282. The zero-order chi connectivity index (χ0) is 11.8. The number of aliphatic hydroxyl groups excluding tert-OH is 1. The summed E-state index contributed by atoms with van der Waals surface area (Å²) < 4.78 is 0. The van der Waals surface area contributed by atoms with Crippen LogP contribution >= 0.6 is 0 Å². The van der Waals surface area contributed by atoms with Gasteiger partial charge in [0.25, 0.3) is 0 Å². The predicted octanol–water partition coefficient (Wildman–Crippen LogP) is 4.93. The zero-order valence-electron chi connectivity index (χ0n) is 11.2. The van der Waals surface area contributed by atoms with Gasteiger partial charge in [-0.25, -0.2) is 0 Å². The third kappa shape index (κ3) is 24.9. The maximum Gasteiger partial charge on any atom is 0.0431 e. The summed E-state index contributed by atoms with van der Waals surface area (Å²) in [6, 6.07) is 0. The van der Waals surface area contributed by atoms with Gasteiger partial charge in [-0.1, -0.05) is 78.6 Å². The summed E-state index contributed by atoms with van der Waals surface area (Å²) in [4.78, 5) is 0. The van der Waals surface area contributed by atoms with Crippen LogP contribution in [0, 0.1) is 0 Å². The third-order valence-corrected chi connectivity index (χ3v) is 2.47. The summed E-state index contributed by atoms with van der Waals surface area (Å²) in [6.45, 7) is 7.05. The van der Waals surface area contributed by atoms with Gasteiger partial charge in [0.1, 0.15) is 0 Å². The van der Waals surface area contributed by atoms with Crippen LogP contribution < -0.4 is 0 Å². The molecule has 0 amide bonds. The second-order valence-corrected chi connectivity index (χ2v) is 4.20. The smallest absolute Gasteiger partial charge is 0.0431 e. The van der Waals surface area contributed by atoms with Gasteiger partial charge in [-0.05, 0) is 6.42 Å². The molecule has 0 rings (SSSR count). The van der Waals surface area contributed by atoms with Gasteiger partial charge in [0, 0.05) is 6.61 Å². The van der Waals surface area contributed by atoms with E-state index in [4.69, 9.17) is 5.11 Å². The molecule has 0 saturated heterocycles. The molecule has 0 heterocycles. The summed E-state index contributed by atoms with van der Waals surface area (Å²) >= 11 is 0. The zero-order valence-corrected chi connectivity index (χ0v) is 11.2. The molecular formula is C14H32O. The lowest BCUT2D eigenvalue weighted by Gasteiger charge is -1.95. The van der Waals surface area contributed by atoms with Crippen LogP contribution in [0.15, 0.2) is 0 Å². The van der Waals surface area contributed by atoms with E-state index in [1.807, 2.05) is 0 Å². The van der Waals surface area contributed by atoms with E-state index in [0.717, 1.165) is 6.42 Å². The molecule has 0 spiro atoms. The molecule has 0 aromatic heterocycles. The molecule has 0 saturated carbocycles. The summed E-state index contributed by atoms with van der Waals surface area (Å²) in [7, 11) is 0. The van der Waals surface area contributed by atoms with E-state index in [9.17, 15) is 0 Å². The first-order valence-electron chi connectivity index (χ1n) is 6.94. The highest BCUT2D eigenvalue weighted by molar-refractivity contribution is 4.41. The Bertz CT molecular complexity index is 71.4. The minimum absolute atomic E-state index is 0.367. The number of unbranched alkanes of at least 4 members (excludes halogenated alkanes) is 8. The number of aliphatic hydroxyl groups is 1. The van der Waals surface area contributed by atoms with Crippen molar-refractivity contribution in [2.24, 2.45) is 0 Å². The van der Waals surface area contributed by atoms with Crippen LogP contribution in [0.2, 0.25) is 0 Å². The Kier molecular flexibility index (Phi) is 22.6. The SMILES string of the molecule is CCCCCC.CCCCCCCCO. The molecule has 0 bridgehead atoms. The molecule has 0 fully saturated rings. The molecule has 1 nitrogen and oxygen atoms in total. The second kappa shape index (κ2) is 19.5. The molecule has 0 aliphatic heterocycles. The van der Waals surface area contributed by atoms with E-state index >= 15 is 0 Å². The Labute approximate surface area is 97.3 Å². The fourth-order valence-corrected chi connectivity index (χ4v) is 1.39. The monoisotopic (exact) mass is 216 g/mol. The topological polar surface area (TPSA) is 20.2 Å². The van der Waals surface area contributed by atoms with Crippen molar-refractivity contribution in [2.45, 2.75) is 85.0 Å². The highest BCUT2D eigenvalue weighted by atomic mass is 16.2. The Morgan fingerprint density at radius 2 is 0.867 bits per heavy atom. The Morgan fingerprint density at radius 1 is 0.533 bits per heavy atom. The van der Waals surface area contributed by atoms with Crippen molar-refractivity contribution in [1.29, 1.82) is 0 Å². The van der Waals surface area contributed by atoms with E-state index in [0.29, 0.717) is 6.61 Å². The molecule has 15 heavy (non-hydrogen) atoms. The highest BCUT2D eigenvalue weighted by Crippen LogP contribution is 2.03. The van der Waals surface area contributed by atoms with E-state index < -0.39 is 0 Å². The molecule has 0 aliphatic rings. The molecule has 0 aromatic rings. The Balaban J connectivity index is 0. The lowest BCUT2D eigenvalue weighted by atomic mass is 10.1. The second-order valence-electron chi connectivity index (χ2n) is 4.20. The summed E-state index contributed by atoms with van der Waals surface area (Å²) in [5, 5.41) is 8.42. The molecule has 0 aliphatic carbocycles. The van der Waals surface area contributed by atoms with Crippen LogP contribution in [0.3, 0.4) is 0 Å². The van der Waals surface area contributed by atoms with Gasteiger partial charge >= 0.3 is 0 Å². The van der Waals surface area contributed by atoms with Gasteiger partial charge in [-0.3, -0.25) is 0 Å². The maximum absolute atomic E-state index is 8.42. The van der Waals surface area contributed by atoms with Gasteiger partial charge in [0.2, 0.25) is 0 Å². The molecular weight excluding hydrogens is 184 g/mol. The lowest BCUT2D eigenvalue weighted by Crippen LogP contribution is -1.82. The molecule has 1 heteroatoms. The first kappa shape index (κ1) is 17.4. The molecule has 94 valence electrons. The fraction of sp³-hybridized carbons (Fsp3) is 1.00. The maximum atomic E-state index is 8.42. The normalized spacial score (nSPS) is 9.60. The summed E-state index contributed by atoms with van der Waals surface area (Å²) in [5.41, 5.74) is 0. The Morgan fingerprint density at radius 3 is 1.27 bits per heavy atom. The van der Waals surface area contributed by atoms with Crippen molar-refractivity contribution in [3.8, 4) is 0 Å². The van der Waals surface area contributed by atoms with Gasteiger partial charge < -0.3 is 5.11 Å². The molecule has 0 radical (unpaired) electrons. The van der Waals surface area contributed by atoms with Crippen molar-refractivity contribution >= 4 is 0 Å². The van der Waals surface area contributed by atoms with Crippen LogP contribution in [-0.4, -0.2) is 11.7 Å².